The minimum atomic E-state index is -0.195. The molecule has 3 aromatic rings. The van der Waals surface area contributed by atoms with Crippen LogP contribution < -0.4 is 14.8 Å². The molecule has 7 heteroatoms. The molecule has 0 saturated carbocycles. The molecule has 2 heterocycles. The molecule has 0 saturated heterocycles. The Morgan fingerprint density at radius 2 is 1.85 bits per heavy atom. The SMILES string of the molecule is COc1cc(OC)cc(C(=O)NCCn2ccc(-c3ccccn3)n2)c1. The van der Waals surface area contributed by atoms with Crippen LogP contribution in [-0.2, 0) is 6.54 Å². The van der Waals surface area contributed by atoms with Crippen LogP contribution in [0.4, 0.5) is 0 Å². The molecule has 0 atom stereocenters. The topological polar surface area (TPSA) is 78.3 Å². The highest BCUT2D eigenvalue weighted by Crippen LogP contribution is 2.22. The molecule has 1 aromatic carbocycles. The van der Waals surface area contributed by atoms with Crippen LogP contribution in [0.25, 0.3) is 11.4 Å². The largest absolute Gasteiger partial charge is 0.497 e. The second kappa shape index (κ2) is 8.15. The number of nitrogens with zero attached hydrogens (tertiary/aromatic N) is 3. The first-order chi connectivity index (χ1) is 12.7. The van der Waals surface area contributed by atoms with Gasteiger partial charge in [-0.3, -0.25) is 14.5 Å². The van der Waals surface area contributed by atoms with Crippen LogP contribution in [0.2, 0.25) is 0 Å². The lowest BCUT2D eigenvalue weighted by Crippen LogP contribution is -2.27. The zero-order chi connectivity index (χ0) is 18.4. The molecule has 0 aliphatic rings. The minimum Gasteiger partial charge on any atom is -0.497 e. The molecule has 2 aromatic heterocycles. The standard InChI is InChI=1S/C19H20N4O3/c1-25-15-11-14(12-16(13-15)26-2)19(24)21-8-10-23-9-6-18(22-23)17-5-3-4-7-20-17/h3-7,9,11-13H,8,10H2,1-2H3,(H,21,24). The third kappa shape index (κ3) is 4.18. The van der Waals surface area contributed by atoms with Crippen LogP contribution in [0, 0.1) is 0 Å². The van der Waals surface area contributed by atoms with E-state index in [2.05, 4.69) is 15.4 Å². The highest BCUT2D eigenvalue weighted by atomic mass is 16.5. The number of ether oxygens (including phenoxy) is 2. The van der Waals surface area contributed by atoms with E-state index in [4.69, 9.17) is 9.47 Å². The average molecular weight is 352 g/mol. The molecule has 1 N–H and O–H groups in total. The lowest BCUT2D eigenvalue weighted by atomic mass is 10.2. The van der Waals surface area contributed by atoms with Gasteiger partial charge in [-0.25, -0.2) is 0 Å². The summed E-state index contributed by atoms with van der Waals surface area (Å²) in [4.78, 5) is 16.6. The van der Waals surface area contributed by atoms with Gasteiger partial charge in [0.2, 0.25) is 0 Å². The lowest BCUT2D eigenvalue weighted by molar-refractivity contribution is 0.0951. The summed E-state index contributed by atoms with van der Waals surface area (Å²) in [6, 6.07) is 12.7. The first-order valence-corrected chi connectivity index (χ1v) is 8.15. The van der Waals surface area contributed by atoms with Crippen LogP contribution in [0.5, 0.6) is 11.5 Å². The molecule has 0 aliphatic heterocycles. The Bertz CT molecular complexity index is 855. The molecule has 0 radical (unpaired) electrons. The summed E-state index contributed by atoms with van der Waals surface area (Å²) < 4.78 is 12.1. The van der Waals surface area contributed by atoms with Gasteiger partial charge in [0.1, 0.15) is 17.2 Å². The lowest BCUT2D eigenvalue weighted by Gasteiger charge is -2.09. The Balaban J connectivity index is 1.58. The van der Waals surface area contributed by atoms with Crippen molar-refractivity contribution in [2.45, 2.75) is 6.54 Å². The fourth-order valence-electron chi connectivity index (χ4n) is 2.46. The normalized spacial score (nSPS) is 10.4. The number of methoxy groups -OCH3 is 2. The molecular formula is C19H20N4O3. The number of aromatic nitrogens is 3. The van der Waals surface area contributed by atoms with Crippen molar-refractivity contribution < 1.29 is 14.3 Å². The molecule has 0 spiro atoms. The van der Waals surface area contributed by atoms with Crippen molar-refractivity contribution in [3.63, 3.8) is 0 Å². The number of benzene rings is 1. The van der Waals surface area contributed by atoms with Gasteiger partial charge in [0.15, 0.2) is 0 Å². The Morgan fingerprint density at radius 1 is 1.08 bits per heavy atom. The number of pyridine rings is 1. The molecule has 0 unspecified atom stereocenters. The average Bonchev–Trinajstić information content (AvgIpc) is 3.17. The highest BCUT2D eigenvalue weighted by molar-refractivity contribution is 5.95. The van der Waals surface area contributed by atoms with Gasteiger partial charge in [0.25, 0.3) is 5.91 Å². The first kappa shape index (κ1) is 17.5. The van der Waals surface area contributed by atoms with Gasteiger partial charge in [-0.05, 0) is 30.3 Å². The predicted molar refractivity (Wildman–Crippen MR) is 97.3 cm³/mol. The second-order valence-electron chi connectivity index (χ2n) is 5.54. The van der Waals surface area contributed by atoms with Crippen LogP contribution in [-0.4, -0.2) is 41.4 Å². The summed E-state index contributed by atoms with van der Waals surface area (Å²) in [5, 5.41) is 7.34. The van der Waals surface area contributed by atoms with Gasteiger partial charge in [-0.2, -0.15) is 5.10 Å². The molecular weight excluding hydrogens is 332 g/mol. The van der Waals surface area contributed by atoms with E-state index in [1.807, 2.05) is 30.5 Å². The van der Waals surface area contributed by atoms with Crippen molar-refractivity contribution in [1.82, 2.24) is 20.1 Å². The predicted octanol–water partition coefficient (Wildman–Crippen LogP) is 2.39. The Hall–Kier alpha value is -3.35. The van der Waals surface area contributed by atoms with Gasteiger partial charge < -0.3 is 14.8 Å². The maximum Gasteiger partial charge on any atom is 0.251 e. The molecule has 0 bridgehead atoms. The minimum absolute atomic E-state index is 0.195. The fraction of sp³-hybridized carbons (Fsp3) is 0.211. The summed E-state index contributed by atoms with van der Waals surface area (Å²) in [6.45, 7) is 1.00. The van der Waals surface area contributed by atoms with E-state index in [9.17, 15) is 4.79 Å². The number of hydrogen-bond donors (Lipinski definition) is 1. The Kier molecular flexibility index (Phi) is 5.48. The van der Waals surface area contributed by atoms with Crippen molar-refractivity contribution in [2.24, 2.45) is 0 Å². The zero-order valence-corrected chi connectivity index (χ0v) is 14.7. The van der Waals surface area contributed by atoms with Gasteiger partial charge >= 0.3 is 0 Å². The van der Waals surface area contributed by atoms with Gasteiger partial charge in [0.05, 0.1) is 26.5 Å². The number of carbonyl (C=O) groups excluding carboxylic acids is 1. The van der Waals surface area contributed by atoms with E-state index in [1.54, 1.807) is 43.3 Å². The third-order valence-corrected chi connectivity index (χ3v) is 3.81. The summed E-state index contributed by atoms with van der Waals surface area (Å²) in [7, 11) is 3.10. The van der Waals surface area contributed by atoms with Gasteiger partial charge in [0, 0.05) is 30.6 Å². The van der Waals surface area contributed by atoms with Crippen molar-refractivity contribution in [2.75, 3.05) is 20.8 Å². The number of nitrogens with one attached hydrogen (secondary N) is 1. The van der Waals surface area contributed by atoms with Crippen molar-refractivity contribution in [3.05, 3.63) is 60.4 Å². The highest BCUT2D eigenvalue weighted by Gasteiger charge is 2.10. The Labute approximate surface area is 151 Å². The summed E-state index contributed by atoms with van der Waals surface area (Å²) in [6.07, 6.45) is 3.60. The van der Waals surface area contributed by atoms with Crippen molar-refractivity contribution in [1.29, 1.82) is 0 Å². The zero-order valence-electron chi connectivity index (χ0n) is 14.7. The monoisotopic (exact) mass is 352 g/mol. The number of carbonyl (C=O) groups is 1. The van der Waals surface area contributed by atoms with Crippen LogP contribution in [0.1, 0.15) is 10.4 Å². The summed E-state index contributed by atoms with van der Waals surface area (Å²) in [5.74, 6) is 0.947. The summed E-state index contributed by atoms with van der Waals surface area (Å²) in [5.41, 5.74) is 2.10. The second-order valence-corrected chi connectivity index (χ2v) is 5.54. The van der Waals surface area contributed by atoms with Gasteiger partial charge in [-0.1, -0.05) is 6.07 Å². The summed E-state index contributed by atoms with van der Waals surface area (Å²) >= 11 is 0. The number of rotatable bonds is 7. The molecule has 7 nitrogen and oxygen atoms in total. The number of hydrogen-bond acceptors (Lipinski definition) is 5. The van der Waals surface area contributed by atoms with E-state index in [-0.39, 0.29) is 5.91 Å². The maximum atomic E-state index is 12.3. The molecule has 0 fully saturated rings. The molecule has 134 valence electrons. The van der Waals surface area contributed by atoms with Crippen LogP contribution in [0.15, 0.2) is 54.9 Å². The van der Waals surface area contributed by atoms with Crippen molar-refractivity contribution in [3.8, 4) is 22.9 Å². The molecule has 3 rings (SSSR count). The first-order valence-electron chi connectivity index (χ1n) is 8.15. The van der Waals surface area contributed by atoms with E-state index >= 15 is 0 Å². The number of amides is 1. The molecule has 0 aliphatic carbocycles. The maximum absolute atomic E-state index is 12.3. The Morgan fingerprint density at radius 3 is 2.50 bits per heavy atom. The smallest absolute Gasteiger partial charge is 0.251 e. The molecule has 26 heavy (non-hydrogen) atoms. The van der Waals surface area contributed by atoms with E-state index in [0.29, 0.717) is 30.2 Å². The van der Waals surface area contributed by atoms with Crippen molar-refractivity contribution >= 4 is 5.91 Å². The van der Waals surface area contributed by atoms with E-state index in [0.717, 1.165) is 11.4 Å². The van der Waals surface area contributed by atoms with E-state index in [1.165, 1.54) is 0 Å². The quantitative estimate of drug-likeness (QED) is 0.706. The van der Waals surface area contributed by atoms with Crippen LogP contribution >= 0.6 is 0 Å². The molecule has 1 amide bonds. The third-order valence-electron chi connectivity index (χ3n) is 3.81. The van der Waals surface area contributed by atoms with E-state index < -0.39 is 0 Å². The fourth-order valence-corrected chi connectivity index (χ4v) is 2.46. The van der Waals surface area contributed by atoms with Gasteiger partial charge in [-0.15, -0.1) is 0 Å². The van der Waals surface area contributed by atoms with Crippen LogP contribution in [0.3, 0.4) is 0 Å².